The van der Waals surface area contributed by atoms with E-state index < -0.39 is 0 Å². The number of hydrogen-bond acceptors (Lipinski definition) is 6. The van der Waals surface area contributed by atoms with Gasteiger partial charge in [-0.1, -0.05) is 6.07 Å². The van der Waals surface area contributed by atoms with E-state index in [0.717, 1.165) is 46.7 Å². The topological polar surface area (TPSA) is 89.8 Å². The van der Waals surface area contributed by atoms with E-state index in [9.17, 15) is 4.79 Å². The second kappa shape index (κ2) is 8.70. The predicted molar refractivity (Wildman–Crippen MR) is 131 cm³/mol. The minimum Gasteiger partial charge on any atom is -0.497 e. The molecule has 0 saturated heterocycles. The Labute approximate surface area is 197 Å². The smallest absolute Gasteiger partial charge is 0.251 e. The Hall–Kier alpha value is -4.07. The molecule has 174 valence electrons. The molecule has 0 spiro atoms. The predicted octanol–water partition coefficient (Wildman–Crippen LogP) is 4.75. The van der Waals surface area contributed by atoms with Crippen LogP contribution in [-0.4, -0.2) is 40.7 Å². The van der Waals surface area contributed by atoms with Gasteiger partial charge in [-0.25, -0.2) is 9.50 Å². The highest BCUT2D eigenvalue weighted by atomic mass is 16.5. The molecule has 0 unspecified atom stereocenters. The molecule has 1 aliphatic rings. The molecule has 4 aromatic rings. The van der Waals surface area contributed by atoms with E-state index in [1.807, 2.05) is 63.4 Å². The van der Waals surface area contributed by atoms with Gasteiger partial charge in [-0.3, -0.25) is 4.79 Å². The van der Waals surface area contributed by atoms with Crippen LogP contribution < -0.4 is 20.1 Å². The number of nitrogens with one attached hydrogen (secondary N) is 2. The van der Waals surface area contributed by atoms with Crippen molar-refractivity contribution in [2.45, 2.75) is 32.7 Å². The minimum absolute atomic E-state index is 0.0224. The number of imidazole rings is 1. The van der Waals surface area contributed by atoms with Crippen LogP contribution in [0.2, 0.25) is 0 Å². The van der Waals surface area contributed by atoms with Crippen molar-refractivity contribution < 1.29 is 14.3 Å². The van der Waals surface area contributed by atoms with E-state index in [-0.39, 0.29) is 5.91 Å². The molecule has 0 bridgehead atoms. The van der Waals surface area contributed by atoms with Crippen LogP contribution in [0.5, 0.6) is 17.4 Å². The number of amides is 1. The van der Waals surface area contributed by atoms with Crippen LogP contribution in [0.1, 0.15) is 34.3 Å². The maximum absolute atomic E-state index is 12.5. The summed E-state index contributed by atoms with van der Waals surface area (Å²) in [5.41, 5.74) is 5.73. The molecule has 1 saturated carbocycles. The Kier molecular flexibility index (Phi) is 5.57. The maximum Gasteiger partial charge on any atom is 0.251 e. The molecule has 2 aromatic heterocycles. The molecule has 2 aromatic carbocycles. The van der Waals surface area contributed by atoms with Gasteiger partial charge in [0.25, 0.3) is 5.91 Å². The first-order chi connectivity index (χ1) is 16.5. The molecule has 8 heteroatoms. The van der Waals surface area contributed by atoms with Crippen LogP contribution in [0.15, 0.2) is 48.7 Å². The number of rotatable bonds is 7. The summed E-state index contributed by atoms with van der Waals surface area (Å²) >= 11 is 0. The Balaban J connectivity index is 1.51. The zero-order valence-corrected chi connectivity index (χ0v) is 19.7. The molecule has 1 amide bonds. The molecule has 0 radical (unpaired) electrons. The van der Waals surface area contributed by atoms with Crippen molar-refractivity contribution in [3.8, 4) is 28.6 Å². The van der Waals surface area contributed by atoms with Crippen molar-refractivity contribution in [1.82, 2.24) is 19.9 Å². The molecule has 34 heavy (non-hydrogen) atoms. The van der Waals surface area contributed by atoms with Gasteiger partial charge in [0.15, 0.2) is 5.65 Å². The summed E-state index contributed by atoms with van der Waals surface area (Å²) in [5, 5.41) is 10.9. The molecule has 8 nitrogen and oxygen atoms in total. The molecule has 1 fully saturated rings. The fourth-order valence-corrected chi connectivity index (χ4v) is 3.92. The molecule has 0 atom stereocenters. The Bertz CT molecular complexity index is 1390. The van der Waals surface area contributed by atoms with Crippen molar-refractivity contribution in [3.05, 3.63) is 65.4 Å². The van der Waals surface area contributed by atoms with E-state index in [2.05, 4.69) is 15.6 Å². The molecule has 2 N–H and O–H groups in total. The van der Waals surface area contributed by atoms with Gasteiger partial charge < -0.3 is 20.1 Å². The SMILES string of the molecule is CNc1cc(Oc2ccc(OC)cc2C)nn2c(-c3ccc(C(=O)NC4CC4)c(C)c3)cnc12. The van der Waals surface area contributed by atoms with Crippen molar-refractivity contribution >= 4 is 17.2 Å². The van der Waals surface area contributed by atoms with Crippen molar-refractivity contribution in [1.29, 1.82) is 0 Å². The number of carbonyl (C=O) groups is 1. The lowest BCUT2D eigenvalue weighted by atomic mass is 10.0. The Morgan fingerprint density at radius 1 is 1.09 bits per heavy atom. The first kappa shape index (κ1) is 21.8. The molecule has 5 rings (SSSR count). The standard InChI is InChI=1S/C26H27N5O3/c1-15-11-17(5-9-20(15)26(32)29-18-6-7-18)22-14-28-25-21(27-3)13-24(30-31(22)25)34-23-10-8-19(33-4)12-16(23)2/h5,8-14,18,27H,6-7H2,1-4H3,(H,29,32). The van der Waals surface area contributed by atoms with Gasteiger partial charge in [-0.15, -0.1) is 5.10 Å². The summed E-state index contributed by atoms with van der Waals surface area (Å²) in [6, 6.07) is 13.6. The lowest BCUT2D eigenvalue weighted by Crippen LogP contribution is -2.26. The summed E-state index contributed by atoms with van der Waals surface area (Å²) in [6.45, 7) is 3.91. The number of aromatic nitrogens is 3. The van der Waals surface area contributed by atoms with Crippen molar-refractivity contribution in [3.63, 3.8) is 0 Å². The number of carbonyl (C=O) groups excluding carboxylic acids is 1. The number of aryl methyl sites for hydroxylation is 2. The zero-order valence-electron chi connectivity index (χ0n) is 19.7. The number of ether oxygens (including phenoxy) is 2. The summed E-state index contributed by atoms with van der Waals surface area (Å²) in [4.78, 5) is 17.1. The third-order valence-electron chi connectivity index (χ3n) is 5.99. The quantitative estimate of drug-likeness (QED) is 0.416. The number of nitrogens with zero attached hydrogens (tertiary/aromatic N) is 3. The number of methoxy groups -OCH3 is 1. The van der Waals surface area contributed by atoms with E-state index in [1.54, 1.807) is 17.8 Å². The Morgan fingerprint density at radius 3 is 2.59 bits per heavy atom. The summed E-state index contributed by atoms with van der Waals surface area (Å²) < 4.78 is 13.2. The largest absolute Gasteiger partial charge is 0.497 e. The summed E-state index contributed by atoms with van der Waals surface area (Å²) in [7, 11) is 3.47. The maximum atomic E-state index is 12.5. The fourth-order valence-electron chi connectivity index (χ4n) is 3.92. The van der Waals surface area contributed by atoms with Crippen molar-refractivity contribution in [2.75, 3.05) is 19.5 Å². The monoisotopic (exact) mass is 457 g/mol. The first-order valence-corrected chi connectivity index (χ1v) is 11.3. The van der Waals surface area contributed by atoms with Gasteiger partial charge in [-0.2, -0.15) is 0 Å². The summed E-state index contributed by atoms with van der Waals surface area (Å²) in [6.07, 6.45) is 3.90. The molecular formula is C26H27N5O3. The van der Waals surface area contributed by atoms with Gasteiger partial charge in [0.1, 0.15) is 11.5 Å². The van der Waals surface area contributed by atoms with Gasteiger partial charge in [0.05, 0.1) is 24.7 Å². The third kappa shape index (κ3) is 4.14. The van der Waals surface area contributed by atoms with Gasteiger partial charge >= 0.3 is 0 Å². The van der Waals surface area contributed by atoms with E-state index in [0.29, 0.717) is 28.9 Å². The Morgan fingerprint density at radius 2 is 1.91 bits per heavy atom. The number of fused-ring (bicyclic) bond motifs is 1. The van der Waals surface area contributed by atoms with Crippen LogP contribution in [0.25, 0.3) is 16.9 Å². The fraction of sp³-hybridized carbons (Fsp3) is 0.269. The molecule has 2 heterocycles. The van der Waals surface area contributed by atoms with Crippen molar-refractivity contribution in [2.24, 2.45) is 0 Å². The van der Waals surface area contributed by atoms with E-state index in [1.165, 1.54) is 0 Å². The molecular weight excluding hydrogens is 430 g/mol. The normalized spacial score (nSPS) is 13.1. The average Bonchev–Trinajstić information content (AvgIpc) is 3.54. The molecule has 0 aliphatic heterocycles. The van der Waals surface area contributed by atoms with Crippen LogP contribution in [0, 0.1) is 13.8 Å². The lowest BCUT2D eigenvalue weighted by molar-refractivity contribution is 0.0950. The average molecular weight is 458 g/mol. The highest BCUT2D eigenvalue weighted by molar-refractivity contribution is 5.96. The van der Waals surface area contributed by atoms with Gasteiger partial charge in [0, 0.05) is 30.3 Å². The van der Waals surface area contributed by atoms with Crippen LogP contribution in [-0.2, 0) is 0 Å². The molecule has 1 aliphatic carbocycles. The highest BCUT2D eigenvalue weighted by Crippen LogP contribution is 2.31. The number of anilines is 1. The second-order valence-electron chi connectivity index (χ2n) is 8.54. The van der Waals surface area contributed by atoms with E-state index >= 15 is 0 Å². The number of benzene rings is 2. The third-order valence-corrected chi connectivity index (χ3v) is 5.99. The van der Waals surface area contributed by atoms with Crippen LogP contribution in [0.4, 0.5) is 5.69 Å². The summed E-state index contributed by atoms with van der Waals surface area (Å²) in [5.74, 6) is 1.87. The zero-order chi connectivity index (χ0) is 23.8. The van der Waals surface area contributed by atoms with E-state index in [4.69, 9.17) is 14.6 Å². The second-order valence-corrected chi connectivity index (χ2v) is 8.54. The van der Waals surface area contributed by atoms with Crippen LogP contribution in [0.3, 0.4) is 0 Å². The minimum atomic E-state index is -0.0224. The lowest BCUT2D eigenvalue weighted by Gasteiger charge is -2.12. The van der Waals surface area contributed by atoms with Gasteiger partial charge in [0.2, 0.25) is 5.88 Å². The highest BCUT2D eigenvalue weighted by Gasteiger charge is 2.24. The first-order valence-electron chi connectivity index (χ1n) is 11.3. The number of hydrogen-bond donors (Lipinski definition) is 2. The van der Waals surface area contributed by atoms with Gasteiger partial charge in [-0.05, 0) is 68.1 Å². The van der Waals surface area contributed by atoms with Crippen LogP contribution >= 0.6 is 0 Å².